The average Bonchev–Trinajstić information content (AvgIpc) is 3.11. The molecule has 3 aromatic rings. The number of ether oxygens (including phenoxy) is 1. The van der Waals surface area contributed by atoms with E-state index in [2.05, 4.69) is 15.0 Å². The summed E-state index contributed by atoms with van der Waals surface area (Å²) in [5.74, 6) is 0.750. The van der Waals surface area contributed by atoms with Gasteiger partial charge in [-0.3, -0.25) is 0 Å². The van der Waals surface area contributed by atoms with E-state index in [1.807, 2.05) is 30.3 Å². The van der Waals surface area contributed by atoms with Gasteiger partial charge in [-0.05, 0) is 0 Å². The zero-order valence-electron chi connectivity index (χ0n) is 16.1. The Morgan fingerprint density at radius 3 is 2.69 bits per heavy atom. The molecule has 1 aliphatic rings. The Balaban J connectivity index is 1.87. The van der Waals surface area contributed by atoms with E-state index in [9.17, 15) is 10.00 Å². The molecule has 1 fully saturated rings. The number of nitrogens with zero attached hydrogens (tertiary/aromatic N) is 4. The van der Waals surface area contributed by atoms with Gasteiger partial charge in [0.15, 0.2) is 0 Å². The second-order valence-corrected chi connectivity index (χ2v) is 9.40. The number of nitrogens with two attached hydrogens (primary N) is 1. The molecule has 4 N–H and O–H groups in total. The molecule has 1 aliphatic heterocycles. The molecule has 1 saturated heterocycles. The van der Waals surface area contributed by atoms with Gasteiger partial charge >= 0.3 is 168 Å². The Morgan fingerprint density at radius 1 is 1.21 bits per heavy atom. The van der Waals surface area contributed by atoms with Crippen molar-refractivity contribution in [2.45, 2.75) is 25.4 Å². The van der Waals surface area contributed by atoms with Gasteiger partial charge in [0.25, 0.3) is 0 Å². The first-order valence-corrected chi connectivity index (χ1v) is 11.5. The minimum absolute atomic E-state index is 0.118. The monoisotopic (exact) mass is 419 g/mol. The van der Waals surface area contributed by atoms with E-state index in [-0.39, 0.29) is 19.0 Å². The molecule has 0 saturated carbocycles. The predicted octanol–water partition coefficient (Wildman–Crippen LogP) is 0.422. The number of benzene rings is 1. The Labute approximate surface area is 168 Å². The number of aromatic nitrogens is 4. The minimum atomic E-state index is -3.35. The number of imidazole rings is 1. The second-order valence-electron chi connectivity index (χ2n) is 7.03. The molecule has 29 heavy (non-hydrogen) atoms. The van der Waals surface area contributed by atoms with Crippen LogP contribution in [0, 0.1) is 0 Å². The molecule has 0 bridgehead atoms. The van der Waals surface area contributed by atoms with E-state index in [0.29, 0.717) is 17.0 Å². The van der Waals surface area contributed by atoms with E-state index in [1.54, 1.807) is 11.5 Å². The number of fused-ring (bicyclic) bond motifs is 1. The van der Waals surface area contributed by atoms with Crippen LogP contribution in [0.15, 0.2) is 36.7 Å². The van der Waals surface area contributed by atoms with Crippen LogP contribution in [0.4, 0.5) is 5.82 Å². The number of nitrogen functional groups attached to an aromatic ring is 1. The first-order valence-electron chi connectivity index (χ1n) is 9.23. The van der Waals surface area contributed by atoms with Crippen molar-refractivity contribution in [1.29, 1.82) is 0 Å². The second kappa shape index (κ2) is 7.94. The van der Waals surface area contributed by atoms with Gasteiger partial charge in [0.1, 0.15) is 0 Å². The molecule has 0 unspecified atom stereocenters. The van der Waals surface area contributed by atoms with Crippen molar-refractivity contribution in [1.82, 2.24) is 19.5 Å². The van der Waals surface area contributed by atoms with Gasteiger partial charge in [-0.2, -0.15) is 0 Å². The van der Waals surface area contributed by atoms with E-state index in [4.69, 9.17) is 19.5 Å². The molecule has 4 rings (SSSR count). The van der Waals surface area contributed by atoms with Crippen molar-refractivity contribution in [2.24, 2.45) is 0 Å². The zero-order chi connectivity index (χ0) is 20.6. The maximum absolute atomic E-state index is 10.9. The van der Waals surface area contributed by atoms with Crippen LogP contribution in [0.2, 0.25) is 0 Å². The van der Waals surface area contributed by atoms with Gasteiger partial charge in [0.05, 0.1) is 0 Å². The Hall–Kier alpha value is -2.14. The molecule has 0 aliphatic carbocycles. The molecule has 3 atom stereocenters. The van der Waals surface area contributed by atoms with Crippen LogP contribution >= 0.6 is 7.82 Å². The summed E-state index contributed by atoms with van der Waals surface area (Å²) in [4.78, 5) is 23.3. The van der Waals surface area contributed by atoms with Gasteiger partial charge in [-0.1, -0.05) is 0 Å². The molecule has 1 aromatic carbocycles. The van der Waals surface area contributed by atoms with Crippen molar-refractivity contribution in [3.8, 4) is 11.4 Å². The van der Waals surface area contributed by atoms with Crippen molar-refractivity contribution in [3.05, 3.63) is 36.7 Å². The molecule has 12 heteroatoms. The molecular weight excluding hydrogens is 396 g/mol. The quantitative estimate of drug-likeness (QED) is 0.399. The van der Waals surface area contributed by atoms with Gasteiger partial charge < -0.3 is 0 Å². The molecule has 0 amide bonds. The number of aliphatic hydroxyl groups is 1. The molecular formula is C17H23BN5O5P. The Kier molecular flexibility index (Phi) is 5.52. The summed E-state index contributed by atoms with van der Waals surface area (Å²) in [5.41, 5.74) is 7.66. The van der Waals surface area contributed by atoms with Crippen LogP contribution in [0.1, 0.15) is 13.2 Å². The first-order chi connectivity index (χ1) is 13.9. The fourth-order valence-corrected chi connectivity index (χ4v) is 4.30. The van der Waals surface area contributed by atoms with Crippen molar-refractivity contribution < 1.29 is 23.8 Å². The SMILES string of the molecule is B[PH]1(O)OC[C@H](C)O[C@@H](n2c(-c3ccccc3)nc3c(N)ncnc32)[C@@H](O)CO1. The van der Waals surface area contributed by atoms with Crippen LogP contribution in [0.25, 0.3) is 22.6 Å². The average molecular weight is 419 g/mol. The maximum atomic E-state index is 10.9. The molecule has 0 radical (unpaired) electrons. The van der Waals surface area contributed by atoms with E-state index >= 15 is 0 Å². The third-order valence-electron chi connectivity index (χ3n) is 4.60. The Morgan fingerprint density at radius 2 is 1.93 bits per heavy atom. The van der Waals surface area contributed by atoms with E-state index in [1.165, 1.54) is 13.9 Å². The van der Waals surface area contributed by atoms with Crippen molar-refractivity contribution in [2.75, 3.05) is 18.9 Å². The summed E-state index contributed by atoms with van der Waals surface area (Å²) in [7, 11) is -1.85. The summed E-state index contributed by atoms with van der Waals surface area (Å²) < 4.78 is 18.7. The summed E-state index contributed by atoms with van der Waals surface area (Å²) in [5, 5.41) is 10.9. The van der Waals surface area contributed by atoms with Gasteiger partial charge in [-0.15, -0.1) is 0 Å². The topological polar surface area (TPSA) is 138 Å². The molecule has 154 valence electrons. The van der Waals surface area contributed by atoms with E-state index < -0.39 is 26.3 Å². The number of aliphatic hydroxyl groups excluding tert-OH is 1. The third kappa shape index (κ3) is 4.11. The number of hydrogen-bond acceptors (Lipinski definition) is 9. The van der Waals surface area contributed by atoms with Crippen LogP contribution in [-0.2, 0) is 13.8 Å². The fraction of sp³-hybridized carbons (Fsp3) is 0.353. The molecule has 3 heterocycles. The number of anilines is 1. The Bertz CT molecular complexity index is 1000. The zero-order valence-corrected chi connectivity index (χ0v) is 17.1. The summed E-state index contributed by atoms with van der Waals surface area (Å²) >= 11 is 0. The first kappa shape index (κ1) is 20.2. The summed E-state index contributed by atoms with van der Waals surface area (Å²) in [6.45, 7) is 1.73. The molecule has 10 nitrogen and oxygen atoms in total. The van der Waals surface area contributed by atoms with Crippen LogP contribution in [-0.4, -0.2) is 62.5 Å². The number of hydrogen-bond donors (Lipinski definition) is 3. The summed E-state index contributed by atoms with van der Waals surface area (Å²) in [6.07, 6.45) is -1.11. The van der Waals surface area contributed by atoms with Gasteiger partial charge in [0.2, 0.25) is 0 Å². The normalized spacial score (nSPS) is 26.4. The molecule has 0 spiro atoms. The fourth-order valence-electron chi connectivity index (χ4n) is 3.20. The van der Waals surface area contributed by atoms with Crippen LogP contribution in [0.5, 0.6) is 0 Å². The summed E-state index contributed by atoms with van der Waals surface area (Å²) in [6, 6.07) is 9.46. The van der Waals surface area contributed by atoms with Gasteiger partial charge in [0, 0.05) is 0 Å². The number of rotatable bonds is 2. The van der Waals surface area contributed by atoms with Crippen molar-refractivity contribution >= 4 is 32.4 Å². The van der Waals surface area contributed by atoms with Gasteiger partial charge in [-0.25, -0.2) is 0 Å². The van der Waals surface area contributed by atoms with Crippen LogP contribution in [0.3, 0.4) is 0 Å². The third-order valence-corrected chi connectivity index (χ3v) is 6.01. The predicted molar refractivity (Wildman–Crippen MR) is 112 cm³/mol. The van der Waals surface area contributed by atoms with Crippen LogP contribution < -0.4 is 5.73 Å². The van der Waals surface area contributed by atoms with Crippen molar-refractivity contribution in [3.63, 3.8) is 0 Å². The molecule has 2 aromatic heterocycles. The standard InChI is InChI=1S/C17H23BN5O5P/c1-10-7-26-29(18,25)27-8-12(24)17(28-10)23-15(11-5-3-2-4-6-11)22-13-14(19)20-9-21-16(13)23/h2-6,9-10,12,17,24-25,29H,7-8,18H2,1H3,(H2,19,20,21)/t10-,12-,17+/m0/s1. The van der Waals surface area contributed by atoms with E-state index in [0.717, 1.165) is 5.56 Å².